The number of carbonyl (C=O) groups excluding carboxylic acids is 2. The number of methoxy groups -OCH3 is 1. The highest BCUT2D eigenvalue weighted by Crippen LogP contribution is 2.32. The molecule has 1 saturated heterocycles. The van der Waals surface area contributed by atoms with Crippen molar-refractivity contribution in [3.8, 4) is 28.6 Å². The largest absolute Gasteiger partial charge is 0.495 e. The summed E-state index contributed by atoms with van der Waals surface area (Å²) < 4.78 is 32.3. The zero-order chi connectivity index (χ0) is 40.4. The minimum absolute atomic E-state index is 0.0206. The molecule has 1 aliphatic heterocycles. The Kier molecular flexibility index (Phi) is 14.6. The van der Waals surface area contributed by atoms with Crippen LogP contribution in [0.4, 0.5) is 26.5 Å². The summed E-state index contributed by atoms with van der Waals surface area (Å²) in [4.78, 5) is 41.9. The van der Waals surface area contributed by atoms with E-state index in [9.17, 15) is 9.59 Å². The Hall–Kier alpha value is -5.27. The number of likely N-dealkylation sites (N-methyl/N-ethyl adjacent to an activating group) is 1. The van der Waals surface area contributed by atoms with Crippen LogP contribution in [0.2, 0.25) is 0 Å². The van der Waals surface area contributed by atoms with Gasteiger partial charge in [0.2, 0.25) is 17.7 Å². The molecule has 3 aromatic carbocycles. The van der Waals surface area contributed by atoms with E-state index in [0.717, 1.165) is 67.0 Å². The third kappa shape index (κ3) is 10.9. The average molecular weight is 770 g/mol. The van der Waals surface area contributed by atoms with Crippen LogP contribution in [-0.4, -0.2) is 103 Å². The Bertz CT molecular complexity index is 1980. The summed E-state index contributed by atoms with van der Waals surface area (Å²) in [6, 6.07) is 15.5. The molecule has 0 radical (unpaired) electrons. The van der Waals surface area contributed by atoms with Crippen LogP contribution in [0.3, 0.4) is 0 Å². The molecule has 0 bridgehead atoms. The van der Waals surface area contributed by atoms with Crippen LogP contribution >= 0.6 is 0 Å². The van der Waals surface area contributed by atoms with Crippen molar-refractivity contribution in [2.75, 3.05) is 77.2 Å². The lowest BCUT2D eigenvalue weighted by Gasteiger charge is -2.32. The molecule has 2 amide bonds. The molecule has 1 unspecified atom stereocenters. The summed E-state index contributed by atoms with van der Waals surface area (Å²) in [6.07, 6.45) is 0.521. The number of hydrogen-bond acceptors (Lipinski definition) is 10. The van der Waals surface area contributed by atoms with Crippen molar-refractivity contribution < 1.29 is 28.2 Å². The number of nitrogens with zero attached hydrogens (tertiary/aromatic N) is 5. The maximum Gasteiger partial charge on any atom is 0.418 e. The van der Waals surface area contributed by atoms with Crippen molar-refractivity contribution in [2.45, 2.75) is 54.4 Å². The van der Waals surface area contributed by atoms with Crippen LogP contribution in [0.25, 0.3) is 11.3 Å². The minimum Gasteiger partial charge on any atom is -0.495 e. The summed E-state index contributed by atoms with van der Waals surface area (Å²) in [6.45, 7) is 18.7. The van der Waals surface area contributed by atoms with E-state index in [2.05, 4.69) is 32.5 Å². The van der Waals surface area contributed by atoms with E-state index in [1.165, 1.54) is 13.2 Å². The van der Waals surface area contributed by atoms with E-state index in [1.807, 2.05) is 64.6 Å². The molecule has 1 aliphatic rings. The molecule has 0 spiro atoms. The first kappa shape index (κ1) is 41.9. The minimum atomic E-state index is -0.797. The van der Waals surface area contributed by atoms with Crippen LogP contribution in [0.1, 0.15) is 49.4 Å². The number of nitrogens with one attached hydrogen (secondary N) is 2. The maximum absolute atomic E-state index is 15.2. The second-order valence-electron chi connectivity index (χ2n) is 14.4. The lowest BCUT2D eigenvalue weighted by Crippen LogP contribution is -2.44. The normalized spacial score (nSPS) is 13.9. The Morgan fingerprint density at radius 3 is 2.38 bits per heavy atom. The number of aryl methyl sites for hydroxylation is 1. The summed E-state index contributed by atoms with van der Waals surface area (Å²) in [5.41, 5.74) is 6.29. The number of carbonyl (C=O) groups is 2. The van der Waals surface area contributed by atoms with Gasteiger partial charge in [-0.3, -0.25) is 10.1 Å². The van der Waals surface area contributed by atoms with Crippen LogP contribution in [-0.2, 0) is 11.2 Å². The lowest BCUT2D eigenvalue weighted by atomic mass is 9.97. The first-order valence-corrected chi connectivity index (χ1v) is 19.4. The molecule has 0 aliphatic carbocycles. The average Bonchev–Trinajstić information content (AvgIpc) is 3.17. The van der Waals surface area contributed by atoms with Crippen molar-refractivity contribution in [1.82, 2.24) is 24.7 Å². The fourth-order valence-electron chi connectivity index (χ4n) is 6.76. The number of amides is 2. The third-order valence-corrected chi connectivity index (χ3v) is 10.4. The van der Waals surface area contributed by atoms with Crippen LogP contribution in [0.15, 0.2) is 54.6 Å². The molecule has 4 aromatic rings. The van der Waals surface area contributed by atoms with Crippen molar-refractivity contribution in [3.63, 3.8) is 0 Å². The van der Waals surface area contributed by atoms with Gasteiger partial charge < -0.3 is 34.2 Å². The van der Waals surface area contributed by atoms with Crippen LogP contribution in [0, 0.1) is 32.5 Å². The second kappa shape index (κ2) is 19.5. The maximum atomic E-state index is 15.2. The molecular weight excluding hydrogens is 714 g/mol. The first-order chi connectivity index (χ1) is 26.9. The fourth-order valence-corrected chi connectivity index (χ4v) is 6.76. The SMILES string of the molecule is CCN(CC)C(=O)C(C)Cc1ccc(NC(=O)Oc2cc(-c3ccc(C)c(C)c3C)nc(Nc3ccc(OCCCN4CCN(C)CC4)c(F)c3)n2)c(OC)c1. The highest BCUT2D eigenvalue weighted by atomic mass is 19.1. The standard InChI is InChI=1S/C43H56FN7O5/c1-9-51(10-2)41(52)29(4)24-32-13-16-36(39(25-32)54-8)47-43(53)56-40-27-37(34-15-12-28(3)30(5)31(34)6)46-42(48-40)45-33-14-17-38(35(44)26-33)55-23-11-18-50-21-19-49(7)20-22-50/h12-17,25-27,29H,9-11,18-24H2,1-8H3,(H,47,53)(H,45,46,48). The highest BCUT2D eigenvalue weighted by Gasteiger charge is 2.21. The smallest absolute Gasteiger partial charge is 0.418 e. The van der Waals surface area contributed by atoms with Gasteiger partial charge in [0.1, 0.15) is 5.75 Å². The monoisotopic (exact) mass is 769 g/mol. The van der Waals surface area contributed by atoms with Gasteiger partial charge in [-0.1, -0.05) is 25.1 Å². The summed E-state index contributed by atoms with van der Waals surface area (Å²) in [7, 11) is 3.64. The molecule has 5 rings (SSSR count). The van der Waals surface area contributed by atoms with E-state index >= 15 is 4.39 Å². The van der Waals surface area contributed by atoms with Crippen molar-refractivity contribution >= 4 is 29.3 Å². The Labute approximate surface area is 330 Å². The molecule has 1 aromatic heterocycles. The zero-order valence-electron chi connectivity index (χ0n) is 34.0. The predicted octanol–water partition coefficient (Wildman–Crippen LogP) is 7.63. The number of rotatable bonds is 16. The van der Waals surface area contributed by atoms with Gasteiger partial charge in [-0.25, -0.2) is 14.2 Å². The summed E-state index contributed by atoms with van der Waals surface area (Å²) >= 11 is 0. The fraction of sp³-hybridized carbons (Fsp3) is 0.442. The van der Waals surface area contributed by atoms with Gasteiger partial charge in [-0.15, -0.1) is 0 Å². The number of piperazine rings is 1. The van der Waals surface area contributed by atoms with Gasteiger partial charge >= 0.3 is 6.09 Å². The number of anilines is 3. The summed E-state index contributed by atoms with van der Waals surface area (Å²) in [5.74, 6) is 0.0310. The molecular formula is C43H56FN7O5. The molecule has 1 fully saturated rings. The zero-order valence-corrected chi connectivity index (χ0v) is 34.0. The summed E-state index contributed by atoms with van der Waals surface area (Å²) in [5, 5.41) is 5.83. The number of aromatic nitrogens is 2. The third-order valence-electron chi connectivity index (χ3n) is 10.4. The number of benzene rings is 3. The number of hydrogen-bond donors (Lipinski definition) is 2. The topological polar surface area (TPSA) is 121 Å². The Morgan fingerprint density at radius 2 is 1.68 bits per heavy atom. The molecule has 300 valence electrons. The van der Waals surface area contributed by atoms with Crippen molar-refractivity contribution in [2.24, 2.45) is 5.92 Å². The molecule has 2 heterocycles. The molecule has 1 atom stereocenters. The van der Waals surface area contributed by atoms with E-state index in [0.29, 0.717) is 48.9 Å². The van der Waals surface area contributed by atoms with Gasteiger partial charge in [0.05, 0.1) is 25.1 Å². The predicted molar refractivity (Wildman–Crippen MR) is 219 cm³/mol. The first-order valence-electron chi connectivity index (χ1n) is 19.4. The van der Waals surface area contributed by atoms with Gasteiger partial charge in [-0.2, -0.15) is 4.98 Å². The van der Waals surface area contributed by atoms with Crippen LogP contribution in [0.5, 0.6) is 17.4 Å². The van der Waals surface area contributed by atoms with E-state index in [-0.39, 0.29) is 29.4 Å². The molecule has 56 heavy (non-hydrogen) atoms. The molecule has 2 N–H and O–H groups in total. The second-order valence-corrected chi connectivity index (χ2v) is 14.4. The van der Waals surface area contributed by atoms with Gasteiger partial charge in [-0.05, 0) is 101 Å². The van der Waals surface area contributed by atoms with E-state index in [1.54, 1.807) is 30.3 Å². The molecule has 13 heteroatoms. The highest BCUT2D eigenvalue weighted by molar-refractivity contribution is 5.88. The van der Waals surface area contributed by atoms with Crippen molar-refractivity contribution in [3.05, 3.63) is 82.7 Å². The van der Waals surface area contributed by atoms with Crippen LogP contribution < -0.4 is 24.8 Å². The quantitative estimate of drug-likeness (QED) is 0.110. The molecule has 12 nitrogen and oxygen atoms in total. The Morgan fingerprint density at radius 1 is 0.929 bits per heavy atom. The van der Waals surface area contributed by atoms with Gasteiger partial charge in [0.15, 0.2) is 11.6 Å². The lowest BCUT2D eigenvalue weighted by molar-refractivity contribution is -0.134. The van der Waals surface area contributed by atoms with E-state index in [4.69, 9.17) is 19.2 Å². The van der Waals surface area contributed by atoms with Gasteiger partial charge in [0.25, 0.3) is 0 Å². The van der Waals surface area contributed by atoms with Crippen molar-refractivity contribution in [1.29, 1.82) is 0 Å². The number of ether oxygens (including phenoxy) is 3. The Balaban J connectivity index is 1.30. The number of halogens is 1. The van der Waals surface area contributed by atoms with E-state index < -0.39 is 11.9 Å². The van der Waals surface area contributed by atoms with Gasteiger partial charge in [0, 0.05) is 75.1 Å². The molecule has 0 saturated carbocycles.